The van der Waals surface area contributed by atoms with Crippen LogP contribution in [0.5, 0.6) is 0 Å². The summed E-state index contributed by atoms with van der Waals surface area (Å²) in [6.45, 7) is 0. The van der Waals surface area contributed by atoms with Crippen molar-refractivity contribution in [2.45, 2.75) is 11.1 Å². The second-order valence-corrected chi connectivity index (χ2v) is 4.15. The molecule has 0 saturated carbocycles. The molecule has 15 heavy (non-hydrogen) atoms. The van der Waals surface area contributed by atoms with Gasteiger partial charge in [0.05, 0.1) is 11.8 Å². The first-order chi connectivity index (χ1) is 6.62. The molecular formula is C6H2ClF4NO2S. The zero-order valence-corrected chi connectivity index (χ0v) is 8.29. The van der Waals surface area contributed by atoms with E-state index in [1.807, 2.05) is 0 Å². The van der Waals surface area contributed by atoms with Crippen LogP contribution in [0.1, 0.15) is 5.56 Å². The third-order valence-electron chi connectivity index (χ3n) is 1.40. The summed E-state index contributed by atoms with van der Waals surface area (Å²) < 4.78 is 69.5. The fraction of sp³-hybridized carbons (Fsp3) is 0.167. The average molecular weight is 264 g/mol. The predicted octanol–water partition coefficient (Wildman–Crippen LogP) is 2.41. The van der Waals surface area contributed by atoms with Crippen molar-refractivity contribution in [1.82, 2.24) is 4.98 Å². The zero-order valence-electron chi connectivity index (χ0n) is 6.72. The minimum Gasteiger partial charge on any atom is -0.242 e. The van der Waals surface area contributed by atoms with E-state index in [1.165, 1.54) is 0 Å². The molecule has 0 atom stereocenters. The summed E-state index contributed by atoms with van der Waals surface area (Å²) in [7, 11) is -5.22. The molecule has 1 rings (SSSR count). The highest BCUT2D eigenvalue weighted by molar-refractivity contribution is 7.86. The van der Waals surface area contributed by atoms with E-state index in [0.29, 0.717) is 6.20 Å². The smallest absolute Gasteiger partial charge is 0.242 e. The number of pyridine rings is 1. The fourth-order valence-electron chi connectivity index (χ4n) is 0.761. The Morgan fingerprint density at radius 2 is 1.87 bits per heavy atom. The van der Waals surface area contributed by atoms with Crippen LogP contribution in [0.2, 0.25) is 5.15 Å². The van der Waals surface area contributed by atoms with E-state index >= 15 is 0 Å². The molecule has 0 spiro atoms. The highest BCUT2D eigenvalue weighted by Crippen LogP contribution is 2.34. The summed E-state index contributed by atoms with van der Waals surface area (Å²) in [5.41, 5.74) is -1.50. The molecule has 3 nitrogen and oxygen atoms in total. The third-order valence-corrected chi connectivity index (χ3v) is 2.49. The molecule has 0 radical (unpaired) electrons. The van der Waals surface area contributed by atoms with Gasteiger partial charge in [-0.1, -0.05) is 11.6 Å². The summed E-state index contributed by atoms with van der Waals surface area (Å²) in [5, 5.41) is -0.935. The van der Waals surface area contributed by atoms with E-state index in [1.54, 1.807) is 0 Å². The maximum atomic E-state index is 12.3. The Bertz CT molecular complexity index is 484. The molecule has 0 fully saturated rings. The van der Waals surface area contributed by atoms with E-state index in [9.17, 15) is 25.5 Å². The van der Waals surface area contributed by atoms with Crippen molar-refractivity contribution in [3.8, 4) is 0 Å². The molecule has 0 aromatic carbocycles. The standard InChI is InChI=1S/C6H2ClF4NO2S/c7-5-4(6(8,9)10)1-3(2-12-5)15(11,13)14/h1-2H. The van der Waals surface area contributed by atoms with E-state index in [4.69, 9.17) is 11.6 Å². The number of halogens is 5. The van der Waals surface area contributed by atoms with E-state index in [0.717, 1.165) is 0 Å². The van der Waals surface area contributed by atoms with Crippen molar-refractivity contribution in [3.05, 3.63) is 23.0 Å². The summed E-state index contributed by atoms with van der Waals surface area (Å²) in [6, 6.07) is 0.0880. The van der Waals surface area contributed by atoms with Gasteiger partial charge in [0.25, 0.3) is 0 Å². The zero-order chi connectivity index (χ0) is 11.9. The van der Waals surface area contributed by atoms with Crippen LogP contribution in [0.3, 0.4) is 0 Å². The first kappa shape index (κ1) is 12.2. The lowest BCUT2D eigenvalue weighted by atomic mass is 10.3. The van der Waals surface area contributed by atoms with Gasteiger partial charge in [0.15, 0.2) is 0 Å². The molecule has 0 bridgehead atoms. The van der Waals surface area contributed by atoms with Gasteiger partial charge in [0.1, 0.15) is 10.0 Å². The first-order valence-corrected chi connectivity index (χ1v) is 5.06. The van der Waals surface area contributed by atoms with Crippen LogP contribution < -0.4 is 0 Å². The lowest BCUT2D eigenvalue weighted by Gasteiger charge is -2.08. The van der Waals surface area contributed by atoms with E-state index < -0.39 is 32.0 Å². The van der Waals surface area contributed by atoms with Gasteiger partial charge in [-0.25, -0.2) is 4.98 Å². The van der Waals surface area contributed by atoms with Gasteiger partial charge in [0.2, 0.25) is 0 Å². The lowest BCUT2D eigenvalue weighted by Crippen LogP contribution is -2.08. The van der Waals surface area contributed by atoms with Crippen LogP contribution in [-0.2, 0) is 16.4 Å². The molecule has 0 amide bonds. The summed E-state index contributed by atoms with van der Waals surface area (Å²) >= 11 is 5.08. The topological polar surface area (TPSA) is 47.0 Å². The summed E-state index contributed by atoms with van der Waals surface area (Å²) in [4.78, 5) is 1.76. The number of nitrogens with zero attached hydrogens (tertiary/aromatic N) is 1. The van der Waals surface area contributed by atoms with Gasteiger partial charge in [-0.05, 0) is 6.07 Å². The number of hydrogen-bond acceptors (Lipinski definition) is 3. The first-order valence-electron chi connectivity index (χ1n) is 3.30. The van der Waals surface area contributed by atoms with Gasteiger partial charge < -0.3 is 0 Å². The van der Waals surface area contributed by atoms with Gasteiger partial charge >= 0.3 is 16.4 Å². The molecular weight excluding hydrogens is 262 g/mol. The van der Waals surface area contributed by atoms with Gasteiger partial charge in [-0.3, -0.25) is 0 Å². The SMILES string of the molecule is O=S(=O)(F)c1cnc(Cl)c(C(F)(F)F)c1. The number of hydrogen-bond donors (Lipinski definition) is 0. The van der Waals surface area contributed by atoms with Crippen LogP contribution in [-0.4, -0.2) is 13.4 Å². The number of alkyl halides is 3. The minimum absolute atomic E-state index is 0.0880. The Morgan fingerprint density at radius 3 is 2.27 bits per heavy atom. The molecule has 0 aliphatic heterocycles. The molecule has 0 aliphatic carbocycles. The summed E-state index contributed by atoms with van der Waals surface area (Å²) in [6.07, 6.45) is -4.47. The largest absolute Gasteiger partial charge is 0.419 e. The fourth-order valence-corrected chi connectivity index (χ4v) is 1.41. The molecule has 0 unspecified atom stereocenters. The number of aromatic nitrogens is 1. The van der Waals surface area contributed by atoms with Crippen LogP contribution in [0, 0.1) is 0 Å². The molecule has 9 heteroatoms. The van der Waals surface area contributed by atoms with Gasteiger partial charge in [-0.15, -0.1) is 3.89 Å². The van der Waals surface area contributed by atoms with Crippen LogP contribution in [0.4, 0.5) is 17.1 Å². The molecule has 84 valence electrons. The van der Waals surface area contributed by atoms with E-state index in [2.05, 4.69) is 4.98 Å². The van der Waals surface area contributed by atoms with Crippen molar-refractivity contribution < 1.29 is 25.5 Å². The molecule has 1 aromatic rings. The minimum atomic E-state index is -5.22. The van der Waals surface area contributed by atoms with Crippen molar-refractivity contribution >= 4 is 21.8 Å². The second kappa shape index (κ2) is 3.60. The van der Waals surface area contributed by atoms with E-state index in [-0.39, 0.29) is 6.07 Å². The molecule has 0 aliphatic rings. The molecule has 0 N–H and O–H groups in total. The van der Waals surface area contributed by atoms with Crippen LogP contribution >= 0.6 is 11.6 Å². The maximum absolute atomic E-state index is 12.3. The molecule has 1 heterocycles. The Morgan fingerprint density at radius 1 is 1.33 bits per heavy atom. The Balaban J connectivity index is 3.43. The Labute approximate surface area is 86.9 Å². The van der Waals surface area contributed by atoms with Crippen molar-refractivity contribution in [3.63, 3.8) is 0 Å². The monoisotopic (exact) mass is 263 g/mol. The third kappa shape index (κ3) is 2.78. The Kier molecular flexibility index (Phi) is 2.92. The Hall–Kier alpha value is -0.890. The lowest BCUT2D eigenvalue weighted by molar-refractivity contribution is -0.137. The predicted molar refractivity (Wildman–Crippen MR) is 42.5 cm³/mol. The van der Waals surface area contributed by atoms with Gasteiger partial charge in [0, 0.05) is 0 Å². The van der Waals surface area contributed by atoms with Crippen molar-refractivity contribution in [1.29, 1.82) is 0 Å². The highest BCUT2D eigenvalue weighted by Gasteiger charge is 2.35. The van der Waals surface area contributed by atoms with Crippen LogP contribution in [0.15, 0.2) is 17.2 Å². The van der Waals surface area contributed by atoms with Crippen molar-refractivity contribution in [2.75, 3.05) is 0 Å². The van der Waals surface area contributed by atoms with Crippen molar-refractivity contribution in [2.24, 2.45) is 0 Å². The normalized spacial score (nSPS) is 12.9. The summed E-state index contributed by atoms with van der Waals surface area (Å²) in [5.74, 6) is 0. The van der Waals surface area contributed by atoms with Crippen LogP contribution in [0.25, 0.3) is 0 Å². The molecule has 1 aromatic heterocycles. The maximum Gasteiger partial charge on any atom is 0.419 e. The quantitative estimate of drug-likeness (QED) is 0.444. The number of rotatable bonds is 1. The average Bonchev–Trinajstić information content (AvgIpc) is 2.00. The van der Waals surface area contributed by atoms with Gasteiger partial charge in [-0.2, -0.15) is 21.6 Å². The highest BCUT2D eigenvalue weighted by atomic mass is 35.5. The molecule has 0 saturated heterocycles. The second-order valence-electron chi connectivity index (χ2n) is 2.44.